The molecular formula is C16H26N2O6S. The van der Waals surface area contributed by atoms with Crippen LogP contribution in [0.4, 0.5) is 0 Å². The van der Waals surface area contributed by atoms with Crippen molar-refractivity contribution >= 4 is 22.0 Å². The number of rotatable bonds is 6. The average molecular weight is 374 g/mol. The maximum Gasteiger partial charge on any atom is 0.325 e. The Kier molecular flexibility index (Phi) is 9.32. The summed E-state index contributed by atoms with van der Waals surface area (Å²) in [5.74, 6) is -1.15. The SMILES string of the molecule is CC(C)C[C@H](N)C(=O)N[C@@H](C)C(=O)O.Cc1ccc(S(=O)(=O)O)cc1. The lowest BCUT2D eigenvalue weighted by atomic mass is 10.0. The fraction of sp³-hybridized carbons (Fsp3) is 0.500. The van der Waals surface area contributed by atoms with Crippen LogP contribution in [0, 0.1) is 12.8 Å². The quantitative estimate of drug-likeness (QED) is 0.547. The predicted octanol–water partition coefficient (Wildman–Crippen LogP) is 1.19. The lowest BCUT2D eigenvalue weighted by molar-refractivity contribution is -0.141. The van der Waals surface area contributed by atoms with Crippen molar-refractivity contribution in [1.29, 1.82) is 0 Å². The van der Waals surface area contributed by atoms with E-state index in [4.69, 9.17) is 15.4 Å². The Hall–Kier alpha value is -1.97. The van der Waals surface area contributed by atoms with E-state index in [1.807, 2.05) is 20.8 Å². The second-order valence-corrected chi connectivity index (χ2v) is 7.51. The molecule has 1 aromatic carbocycles. The van der Waals surface area contributed by atoms with Gasteiger partial charge in [0.05, 0.1) is 10.9 Å². The first-order chi connectivity index (χ1) is 11.3. The highest BCUT2D eigenvalue weighted by atomic mass is 32.2. The normalized spacial score (nSPS) is 13.4. The summed E-state index contributed by atoms with van der Waals surface area (Å²) in [6.45, 7) is 7.15. The molecule has 0 spiro atoms. The number of carboxylic acid groups (broad SMARTS) is 1. The van der Waals surface area contributed by atoms with E-state index in [9.17, 15) is 18.0 Å². The zero-order valence-electron chi connectivity index (χ0n) is 14.8. The van der Waals surface area contributed by atoms with Gasteiger partial charge in [-0.2, -0.15) is 8.42 Å². The van der Waals surface area contributed by atoms with Crippen LogP contribution in [0.25, 0.3) is 0 Å². The highest BCUT2D eigenvalue weighted by Gasteiger charge is 2.19. The van der Waals surface area contributed by atoms with E-state index in [-0.39, 0.29) is 4.90 Å². The van der Waals surface area contributed by atoms with Gasteiger partial charge in [0.2, 0.25) is 5.91 Å². The molecule has 0 bridgehead atoms. The minimum Gasteiger partial charge on any atom is -0.480 e. The monoisotopic (exact) mass is 374 g/mol. The summed E-state index contributed by atoms with van der Waals surface area (Å²) in [4.78, 5) is 21.7. The van der Waals surface area contributed by atoms with E-state index in [1.165, 1.54) is 19.1 Å². The number of carbonyl (C=O) groups is 2. The number of nitrogens with one attached hydrogen (secondary N) is 1. The second-order valence-electron chi connectivity index (χ2n) is 6.09. The molecule has 0 fully saturated rings. The minimum absolute atomic E-state index is 0.0666. The maximum atomic E-state index is 11.3. The molecule has 142 valence electrons. The fourth-order valence-electron chi connectivity index (χ4n) is 1.71. The van der Waals surface area contributed by atoms with Crippen LogP contribution in [0.3, 0.4) is 0 Å². The Morgan fingerprint density at radius 1 is 1.16 bits per heavy atom. The molecule has 0 saturated heterocycles. The van der Waals surface area contributed by atoms with Crippen molar-refractivity contribution in [2.45, 2.75) is 51.1 Å². The van der Waals surface area contributed by atoms with Crippen LogP contribution in [-0.4, -0.2) is 42.0 Å². The van der Waals surface area contributed by atoms with Gasteiger partial charge in [0.1, 0.15) is 6.04 Å². The molecule has 0 aliphatic heterocycles. The molecule has 0 radical (unpaired) electrons. The largest absolute Gasteiger partial charge is 0.480 e. The van der Waals surface area contributed by atoms with Gasteiger partial charge in [-0.05, 0) is 38.3 Å². The van der Waals surface area contributed by atoms with E-state index in [1.54, 1.807) is 12.1 Å². The Labute approximate surface area is 148 Å². The topological polar surface area (TPSA) is 147 Å². The van der Waals surface area contributed by atoms with Crippen LogP contribution in [-0.2, 0) is 19.7 Å². The molecule has 0 aromatic heterocycles. The summed E-state index contributed by atoms with van der Waals surface area (Å²) in [5, 5.41) is 10.9. The number of amides is 1. The Balaban J connectivity index is 0.000000472. The number of carbonyl (C=O) groups excluding carboxylic acids is 1. The van der Waals surface area contributed by atoms with Crippen LogP contribution < -0.4 is 11.1 Å². The number of hydrogen-bond donors (Lipinski definition) is 4. The van der Waals surface area contributed by atoms with Gasteiger partial charge in [0.25, 0.3) is 10.1 Å². The molecule has 0 aliphatic rings. The lowest BCUT2D eigenvalue weighted by Gasteiger charge is -2.16. The first-order valence-corrected chi connectivity index (χ1v) is 9.11. The van der Waals surface area contributed by atoms with Gasteiger partial charge in [-0.3, -0.25) is 14.1 Å². The molecule has 25 heavy (non-hydrogen) atoms. The molecule has 1 amide bonds. The molecular weight excluding hydrogens is 348 g/mol. The van der Waals surface area contributed by atoms with Crippen molar-refractivity contribution < 1.29 is 27.7 Å². The van der Waals surface area contributed by atoms with Crippen molar-refractivity contribution in [2.75, 3.05) is 0 Å². The van der Waals surface area contributed by atoms with Crippen LogP contribution in [0.5, 0.6) is 0 Å². The van der Waals surface area contributed by atoms with Gasteiger partial charge >= 0.3 is 5.97 Å². The third kappa shape index (κ3) is 9.80. The van der Waals surface area contributed by atoms with Crippen molar-refractivity contribution in [1.82, 2.24) is 5.32 Å². The molecule has 0 unspecified atom stereocenters. The number of carboxylic acids is 1. The highest BCUT2D eigenvalue weighted by molar-refractivity contribution is 7.85. The molecule has 2 atom stereocenters. The third-order valence-electron chi connectivity index (χ3n) is 3.11. The molecule has 0 aliphatic carbocycles. The zero-order valence-corrected chi connectivity index (χ0v) is 15.6. The fourth-order valence-corrected chi connectivity index (χ4v) is 2.19. The molecule has 8 nitrogen and oxygen atoms in total. The summed E-state index contributed by atoms with van der Waals surface area (Å²) in [6, 6.07) is 4.47. The summed E-state index contributed by atoms with van der Waals surface area (Å²) in [6.07, 6.45) is 0.554. The number of aliphatic carboxylic acids is 1. The van der Waals surface area contributed by atoms with Crippen LogP contribution in [0.15, 0.2) is 29.2 Å². The maximum absolute atomic E-state index is 11.3. The van der Waals surface area contributed by atoms with Gasteiger partial charge in [-0.15, -0.1) is 0 Å². The van der Waals surface area contributed by atoms with E-state index in [0.29, 0.717) is 12.3 Å². The van der Waals surface area contributed by atoms with E-state index in [0.717, 1.165) is 5.56 Å². The number of benzene rings is 1. The Morgan fingerprint density at radius 3 is 2.00 bits per heavy atom. The van der Waals surface area contributed by atoms with E-state index in [2.05, 4.69) is 5.32 Å². The molecule has 0 saturated carbocycles. The third-order valence-corrected chi connectivity index (χ3v) is 3.98. The highest BCUT2D eigenvalue weighted by Crippen LogP contribution is 2.08. The number of nitrogens with two attached hydrogens (primary N) is 1. The summed E-state index contributed by atoms with van der Waals surface area (Å²) >= 11 is 0. The van der Waals surface area contributed by atoms with Gasteiger partial charge in [0, 0.05) is 0 Å². The van der Waals surface area contributed by atoms with Crippen molar-refractivity contribution in [3.05, 3.63) is 29.8 Å². The molecule has 0 heterocycles. The lowest BCUT2D eigenvalue weighted by Crippen LogP contribution is -2.47. The average Bonchev–Trinajstić information content (AvgIpc) is 2.46. The standard InChI is InChI=1S/C9H18N2O3.C7H8O3S/c1-5(2)4-7(10)8(12)11-6(3)9(13)14;1-6-2-4-7(5-3-6)11(8,9)10/h5-7H,4,10H2,1-3H3,(H,11,12)(H,13,14);2-5H,1H3,(H,8,9,10)/t6-,7-;/m0./s1. The van der Waals surface area contributed by atoms with Gasteiger partial charge in [-0.1, -0.05) is 31.5 Å². The van der Waals surface area contributed by atoms with E-state index < -0.39 is 34.1 Å². The van der Waals surface area contributed by atoms with E-state index >= 15 is 0 Å². The first kappa shape index (κ1) is 23.0. The Morgan fingerprint density at radius 2 is 1.64 bits per heavy atom. The van der Waals surface area contributed by atoms with Crippen molar-refractivity contribution in [2.24, 2.45) is 11.7 Å². The van der Waals surface area contributed by atoms with Gasteiger partial charge in [-0.25, -0.2) is 0 Å². The second kappa shape index (κ2) is 10.1. The summed E-state index contributed by atoms with van der Waals surface area (Å²) < 4.78 is 29.6. The first-order valence-electron chi connectivity index (χ1n) is 7.67. The molecule has 1 aromatic rings. The molecule has 5 N–H and O–H groups in total. The van der Waals surface area contributed by atoms with Gasteiger partial charge in [0.15, 0.2) is 0 Å². The minimum atomic E-state index is -4.02. The molecule has 1 rings (SSSR count). The summed E-state index contributed by atoms with van der Waals surface area (Å²) in [5.41, 5.74) is 6.52. The number of aryl methyl sites for hydroxylation is 1. The smallest absolute Gasteiger partial charge is 0.325 e. The van der Waals surface area contributed by atoms with Crippen molar-refractivity contribution in [3.63, 3.8) is 0 Å². The number of hydrogen-bond acceptors (Lipinski definition) is 5. The van der Waals surface area contributed by atoms with Crippen LogP contribution in [0.1, 0.15) is 32.8 Å². The summed E-state index contributed by atoms with van der Waals surface area (Å²) in [7, 11) is -4.02. The van der Waals surface area contributed by atoms with Crippen LogP contribution in [0.2, 0.25) is 0 Å². The van der Waals surface area contributed by atoms with Gasteiger partial charge < -0.3 is 16.2 Å². The molecule has 9 heteroatoms. The Bertz CT molecular complexity index is 670. The van der Waals surface area contributed by atoms with Crippen molar-refractivity contribution in [3.8, 4) is 0 Å². The van der Waals surface area contributed by atoms with Crippen LogP contribution >= 0.6 is 0 Å². The zero-order chi connectivity index (χ0) is 19.8. The predicted molar refractivity (Wildman–Crippen MR) is 93.7 cm³/mol.